The molecule has 0 bridgehead atoms. The molecular weight excluding hydrogens is 190 g/mol. The van der Waals surface area contributed by atoms with Crippen LogP contribution in [0.4, 0.5) is 0 Å². The molecule has 0 fully saturated rings. The van der Waals surface area contributed by atoms with Gasteiger partial charge in [0, 0.05) is 0 Å². The van der Waals surface area contributed by atoms with Crippen molar-refractivity contribution in [2.24, 2.45) is 10.9 Å². The third kappa shape index (κ3) is 2.66. The molecule has 0 aromatic carbocycles. The van der Waals surface area contributed by atoms with Crippen LogP contribution in [-0.2, 0) is 0 Å². The lowest BCUT2D eigenvalue weighted by molar-refractivity contribution is 0.317. The van der Waals surface area contributed by atoms with Crippen LogP contribution in [0.15, 0.2) is 27.3 Å². The van der Waals surface area contributed by atoms with Gasteiger partial charge in [0.15, 0.2) is 5.84 Å². The van der Waals surface area contributed by atoms with E-state index in [0.717, 1.165) is 6.42 Å². The summed E-state index contributed by atoms with van der Waals surface area (Å²) in [6.45, 7) is 1.94. The summed E-state index contributed by atoms with van der Waals surface area (Å²) in [6.07, 6.45) is 3.80. The molecule has 1 aromatic heterocycles. The first kappa shape index (κ1) is 9.91. The van der Waals surface area contributed by atoms with E-state index in [4.69, 9.17) is 15.4 Å². The van der Waals surface area contributed by atoms with E-state index in [1.807, 2.05) is 6.92 Å². The van der Waals surface area contributed by atoms with Gasteiger partial charge in [-0.25, -0.2) is 4.98 Å². The Bertz CT molecular complexity index is 273. The number of amidine groups is 1. The summed E-state index contributed by atoms with van der Waals surface area (Å²) in [5, 5.41) is 11.8. The number of nitrogens with zero attached hydrogens (tertiary/aromatic N) is 2. The fourth-order valence-corrected chi connectivity index (χ4v) is 1.62. The molecule has 0 radical (unpaired) electrons. The maximum absolute atomic E-state index is 8.46. The van der Waals surface area contributed by atoms with Crippen LogP contribution < -0.4 is 5.73 Å². The molecule has 1 heterocycles. The van der Waals surface area contributed by atoms with Crippen molar-refractivity contribution in [3.63, 3.8) is 0 Å². The lowest BCUT2D eigenvalue weighted by atomic mass is 10.3. The van der Waals surface area contributed by atoms with Crippen LogP contribution in [0.25, 0.3) is 0 Å². The molecule has 0 spiro atoms. The van der Waals surface area contributed by atoms with Gasteiger partial charge < -0.3 is 15.4 Å². The minimum Gasteiger partial charge on any atom is -0.440 e. The number of oxime groups is 1. The van der Waals surface area contributed by atoms with E-state index in [1.165, 1.54) is 18.0 Å². The average Bonchev–Trinajstić information content (AvgIpc) is 2.65. The third-order valence-electron chi connectivity index (χ3n) is 1.47. The number of nitrogens with two attached hydrogens (primary N) is 1. The van der Waals surface area contributed by atoms with E-state index in [-0.39, 0.29) is 11.1 Å². The lowest BCUT2D eigenvalue weighted by Crippen LogP contribution is -2.25. The SMILES string of the molecule is CCC(Sc1ncco1)/C(N)=N/O. The number of hydrogen-bond acceptors (Lipinski definition) is 5. The van der Waals surface area contributed by atoms with Gasteiger partial charge in [-0.05, 0) is 6.42 Å². The summed E-state index contributed by atoms with van der Waals surface area (Å²) < 4.78 is 5.02. The van der Waals surface area contributed by atoms with Crippen LogP contribution in [0.5, 0.6) is 0 Å². The van der Waals surface area contributed by atoms with Crippen molar-refractivity contribution in [1.29, 1.82) is 0 Å². The summed E-state index contributed by atoms with van der Waals surface area (Å²) in [7, 11) is 0. The van der Waals surface area contributed by atoms with Crippen molar-refractivity contribution >= 4 is 17.6 Å². The molecule has 1 unspecified atom stereocenters. The van der Waals surface area contributed by atoms with Crippen molar-refractivity contribution in [3.8, 4) is 0 Å². The molecule has 0 aliphatic carbocycles. The smallest absolute Gasteiger partial charge is 0.256 e. The van der Waals surface area contributed by atoms with E-state index in [9.17, 15) is 0 Å². The average molecular weight is 201 g/mol. The molecule has 0 aliphatic heterocycles. The van der Waals surface area contributed by atoms with Gasteiger partial charge in [0.05, 0.1) is 11.4 Å². The van der Waals surface area contributed by atoms with Crippen LogP contribution >= 0.6 is 11.8 Å². The quantitative estimate of drug-likeness (QED) is 0.252. The van der Waals surface area contributed by atoms with Crippen molar-refractivity contribution < 1.29 is 9.62 Å². The Hall–Kier alpha value is -1.17. The molecular formula is C7H11N3O2S. The van der Waals surface area contributed by atoms with Gasteiger partial charge in [0.1, 0.15) is 6.26 Å². The van der Waals surface area contributed by atoms with Crippen LogP contribution in [0.1, 0.15) is 13.3 Å². The Morgan fingerprint density at radius 3 is 3.15 bits per heavy atom. The molecule has 0 aliphatic rings. The van der Waals surface area contributed by atoms with Gasteiger partial charge in [-0.1, -0.05) is 23.8 Å². The normalized spacial score (nSPS) is 14.4. The summed E-state index contributed by atoms with van der Waals surface area (Å²) in [4.78, 5) is 3.92. The highest BCUT2D eigenvalue weighted by molar-refractivity contribution is 8.00. The molecule has 0 amide bonds. The molecule has 1 atom stereocenters. The van der Waals surface area contributed by atoms with E-state index >= 15 is 0 Å². The zero-order chi connectivity index (χ0) is 9.68. The van der Waals surface area contributed by atoms with Crippen molar-refractivity contribution in [2.75, 3.05) is 0 Å². The van der Waals surface area contributed by atoms with E-state index in [0.29, 0.717) is 5.22 Å². The highest BCUT2D eigenvalue weighted by Crippen LogP contribution is 2.23. The molecule has 3 N–H and O–H groups in total. The van der Waals surface area contributed by atoms with Gasteiger partial charge in [0.25, 0.3) is 5.22 Å². The Morgan fingerprint density at radius 1 is 1.92 bits per heavy atom. The lowest BCUT2D eigenvalue weighted by Gasteiger charge is -2.08. The van der Waals surface area contributed by atoms with Gasteiger partial charge in [-0.15, -0.1) is 0 Å². The largest absolute Gasteiger partial charge is 0.440 e. The molecule has 0 saturated heterocycles. The molecule has 13 heavy (non-hydrogen) atoms. The Morgan fingerprint density at radius 2 is 2.69 bits per heavy atom. The Kier molecular flexibility index (Phi) is 3.63. The maximum Gasteiger partial charge on any atom is 0.256 e. The monoisotopic (exact) mass is 201 g/mol. The second-order valence-electron chi connectivity index (χ2n) is 2.34. The summed E-state index contributed by atoms with van der Waals surface area (Å²) >= 11 is 1.33. The zero-order valence-electron chi connectivity index (χ0n) is 7.17. The molecule has 5 nitrogen and oxygen atoms in total. The molecule has 72 valence electrons. The van der Waals surface area contributed by atoms with Gasteiger partial charge in [-0.2, -0.15) is 0 Å². The number of hydrogen-bond donors (Lipinski definition) is 2. The van der Waals surface area contributed by atoms with Gasteiger partial charge >= 0.3 is 0 Å². The van der Waals surface area contributed by atoms with Gasteiger partial charge in [0.2, 0.25) is 0 Å². The number of rotatable bonds is 4. The predicted molar refractivity (Wildman–Crippen MR) is 49.8 cm³/mol. The fourth-order valence-electron chi connectivity index (χ4n) is 0.807. The molecule has 6 heteroatoms. The predicted octanol–water partition coefficient (Wildman–Crippen LogP) is 1.29. The Balaban J connectivity index is 2.60. The number of aromatic nitrogens is 1. The maximum atomic E-state index is 8.46. The third-order valence-corrected chi connectivity index (χ3v) is 2.73. The number of oxazole rings is 1. The first-order valence-corrected chi connectivity index (χ1v) is 4.69. The number of thioether (sulfide) groups is 1. The second-order valence-corrected chi connectivity index (χ2v) is 3.49. The van der Waals surface area contributed by atoms with E-state index in [2.05, 4.69) is 10.1 Å². The van der Waals surface area contributed by atoms with Crippen molar-refractivity contribution in [2.45, 2.75) is 23.8 Å². The van der Waals surface area contributed by atoms with Crippen LogP contribution in [0, 0.1) is 0 Å². The minimum atomic E-state index is -0.0938. The first-order valence-electron chi connectivity index (χ1n) is 3.81. The van der Waals surface area contributed by atoms with E-state index in [1.54, 1.807) is 6.20 Å². The van der Waals surface area contributed by atoms with Gasteiger partial charge in [-0.3, -0.25) is 0 Å². The molecule has 1 rings (SSSR count). The Labute approximate surface area is 80.0 Å². The standard InChI is InChI=1S/C7H11N3O2S/c1-2-5(6(8)10-11)13-7-9-3-4-12-7/h3-5,11H,2H2,1H3,(H2,8,10). The fraction of sp³-hybridized carbons (Fsp3) is 0.429. The summed E-state index contributed by atoms with van der Waals surface area (Å²) in [5.74, 6) is 0.186. The first-order chi connectivity index (χ1) is 6.27. The van der Waals surface area contributed by atoms with Crippen LogP contribution in [0.3, 0.4) is 0 Å². The van der Waals surface area contributed by atoms with Crippen molar-refractivity contribution in [3.05, 3.63) is 12.5 Å². The minimum absolute atomic E-state index is 0.0938. The van der Waals surface area contributed by atoms with Crippen molar-refractivity contribution in [1.82, 2.24) is 4.98 Å². The summed E-state index contributed by atoms with van der Waals surface area (Å²) in [5.41, 5.74) is 5.45. The van der Waals surface area contributed by atoms with Crippen LogP contribution in [-0.4, -0.2) is 21.3 Å². The highest BCUT2D eigenvalue weighted by atomic mass is 32.2. The van der Waals surface area contributed by atoms with Crippen LogP contribution in [0.2, 0.25) is 0 Å². The molecule has 1 aromatic rings. The summed E-state index contributed by atoms with van der Waals surface area (Å²) in [6, 6.07) is 0. The second kappa shape index (κ2) is 4.76. The topological polar surface area (TPSA) is 84.6 Å². The zero-order valence-corrected chi connectivity index (χ0v) is 7.99. The van der Waals surface area contributed by atoms with E-state index < -0.39 is 0 Å². The molecule has 0 saturated carbocycles. The highest BCUT2D eigenvalue weighted by Gasteiger charge is 2.15.